The number of hydrogen-bond donors (Lipinski definition) is 1. The maximum Gasteiger partial charge on any atom is 0.211 e. The zero-order valence-electron chi connectivity index (χ0n) is 8.58. The lowest BCUT2D eigenvalue weighted by Gasteiger charge is -2.00. The molecule has 16 heavy (non-hydrogen) atoms. The van der Waals surface area contributed by atoms with E-state index in [-0.39, 0.29) is 17.4 Å². The Hall–Kier alpha value is -1.75. The highest BCUT2D eigenvalue weighted by Gasteiger charge is 2.15. The number of benzene rings is 1. The molecule has 1 aromatic carbocycles. The lowest BCUT2D eigenvalue weighted by atomic mass is 10.2. The van der Waals surface area contributed by atoms with Gasteiger partial charge in [-0.15, -0.1) is 0 Å². The highest BCUT2D eigenvalue weighted by molar-refractivity contribution is 5.57. The van der Waals surface area contributed by atoms with Gasteiger partial charge in [-0.2, -0.15) is 0 Å². The number of nitrogens with two attached hydrogens (primary N) is 1. The first-order valence-corrected chi connectivity index (χ1v) is 4.75. The van der Waals surface area contributed by atoms with Crippen LogP contribution in [0.3, 0.4) is 0 Å². The standard InChI is InChI=1S/C11H10F2N2O/c1-6(14)11-15-5-9(16-11)7-3-2-4-8(12)10(7)13/h2-6H,14H2,1H3. The molecule has 0 aliphatic carbocycles. The van der Waals surface area contributed by atoms with Crippen LogP contribution in [0.15, 0.2) is 28.8 Å². The third-order valence-corrected chi connectivity index (χ3v) is 2.13. The average Bonchev–Trinajstić information content (AvgIpc) is 2.71. The highest BCUT2D eigenvalue weighted by Crippen LogP contribution is 2.26. The minimum Gasteiger partial charge on any atom is -0.439 e. The molecule has 1 aromatic heterocycles. The smallest absolute Gasteiger partial charge is 0.211 e. The molecular formula is C11H10F2N2O. The van der Waals surface area contributed by atoms with Gasteiger partial charge in [-0.25, -0.2) is 13.8 Å². The molecular weight excluding hydrogens is 214 g/mol. The molecule has 0 fully saturated rings. The zero-order chi connectivity index (χ0) is 11.7. The highest BCUT2D eigenvalue weighted by atomic mass is 19.2. The van der Waals surface area contributed by atoms with E-state index < -0.39 is 11.6 Å². The van der Waals surface area contributed by atoms with Crippen LogP contribution in [0, 0.1) is 11.6 Å². The number of nitrogens with zero attached hydrogens (tertiary/aromatic N) is 1. The van der Waals surface area contributed by atoms with Gasteiger partial charge in [0.15, 0.2) is 17.4 Å². The van der Waals surface area contributed by atoms with Crippen LogP contribution < -0.4 is 5.73 Å². The SMILES string of the molecule is CC(N)c1ncc(-c2cccc(F)c2F)o1. The molecule has 3 nitrogen and oxygen atoms in total. The fourth-order valence-corrected chi connectivity index (χ4v) is 1.32. The summed E-state index contributed by atoms with van der Waals surface area (Å²) < 4.78 is 31.6. The average molecular weight is 224 g/mol. The van der Waals surface area contributed by atoms with E-state index in [0.717, 1.165) is 6.07 Å². The summed E-state index contributed by atoms with van der Waals surface area (Å²) in [6.07, 6.45) is 1.33. The molecule has 0 radical (unpaired) electrons. The summed E-state index contributed by atoms with van der Waals surface area (Å²) in [5.41, 5.74) is 5.59. The Labute approximate surface area is 90.9 Å². The quantitative estimate of drug-likeness (QED) is 0.853. The van der Waals surface area contributed by atoms with Crippen molar-refractivity contribution in [2.45, 2.75) is 13.0 Å². The maximum atomic E-state index is 13.4. The molecule has 0 amide bonds. The second-order valence-corrected chi connectivity index (χ2v) is 3.45. The van der Waals surface area contributed by atoms with Crippen molar-refractivity contribution in [3.63, 3.8) is 0 Å². The van der Waals surface area contributed by atoms with Crippen molar-refractivity contribution in [1.29, 1.82) is 0 Å². The normalized spacial score (nSPS) is 12.8. The second kappa shape index (κ2) is 4.02. The van der Waals surface area contributed by atoms with Crippen molar-refractivity contribution in [2.75, 3.05) is 0 Å². The lowest BCUT2D eigenvalue weighted by Crippen LogP contribution is -2.04. The summed E-state index contributed by atoms with van der Waals surface area (Å²) >= 11 is 0. The number of halogens is 2. The third kappa shape index (κ3) is 1.81. The van der Waals surface area contributed by atoms with E-state index in [2.05, 4.69) is 4.98 Å². The van der Waals surface area contributed by atoms with Gasteiger partial charge in [0.2, 0.25) is 5.89 Å². The van der Waals surface area contributed by atoms with Crippen LogP contribution in [-0.2, 0) is 0 Å². The van der Waals surface area contributed by atoms with Gasteiger partial charge in [-0.05, 0) is 19.1 Å². The monoisotopic (exact) mass is 224 g/mol. The van der Waals surface area contributed by atoms with Crippen LogP contribution in [0.1, 0.15) is 18.9 Å². The van der Waals surface area contributed by atoms with Gasteiger partial charge in [-0.1, -0.05) is 6.07 Å². The number of hydrogen-bond acceptors (Lipinski definition) is 3. The van der Waals surface area contributed by atoms with Crippen LogP contribution >= 0.6 is 0 Å². The molecule has 1 heterocycles. The van der Waals surface area contributed by atoms with E-state index >= 15 is 0 Å². The van der Waals surface area contributed by atoms with Gasteiger partial charge in [0, 0.05) is 0 Å². The third-order valence-electron chi connectivity index (χ3n) is 2.13. The van der Waals surface area contributed by atoms with Gasteiger partial charge in [-0.3, -0.25) is 0 Å². The summed E-state index contributed by atoms with van der Waals surface area (Å²) in [5.74, 6) is -1.41. The van der Waals surface area contributed by atoms with E-state index in [9.17, 15) is 8.78 Å². The predicted molar refractivity (Wildman–Crippen MR) is 54.5 cm³/mol. The molecule has 0 spiro atoms. The van der Waals surface area contributed by atoms with Crippen molar-refractivity contribution in [2.24, 2.45) is 5.73 Å². The predicted octanol–water partition coefficient (Wildman–Crippen LogP) is 2.64. The largest absolute Gasteiger partial charge is 0.439 e. The minimum absolute atomic E-state index is 0.0411. The maximum absolute atomic E-state index is 13.4. The molecule has 0 aliphatic heterocycles. The summed E-state index contributed by atoms with van der Waals surface area (Å²) in [4.78, 5) is 3.88. The van der Waals surface area contributed by atoms with Crippen LogP contribution in [0.5, 0.6) is 0 Å². The first-order chi connectivity index (χ1) is 7.59. The Kier molecular flexibility index (Phi) is 2.70. The van der Waals surface area contributed by atoms with Gasteiger partial charge >= 0.3 is 0 Å². The molecule has 0 saturated heterocycles. The Morgan fingerprint density at radius 3 is 2.75 bits per heavy atom. The zero-order valence-corrected chi connectivity index (χ0v) is 8.58. The van der Waals surface area contributed by atoms with Crippen molar-refractivity contribution in [3.8, 4) is 11.3 Å². The molecule has 1 atom stereocenters. The minimum atomic E-state index is -0.949. The Balaban J connectivity index is 2.47. The van der Waals surface area contributed by atoms with Crippen LogP contribution in [0.25, 0.3) is 11.3 Å². The number of aromatic nitrogens is 1. The molecule has 2 aromatic rings. The van der Waals surface area contributed by atoms with Gasteiger partial charge in [0.1, 0.15) is 0 Å². The topological polar surface area (TPSA) is 52.0 Å². The Morgan fingerprint density at radius 2 is 2.12 bits per heavy atom. The molecule has 0 bridgehead atoms. The summed E-state index contributed by atoms with van der Waals surface area (Å²) in [6, 6.07) is 3.48. The summed E-state index contributed by atoms with van der Waals surface area (Å²) in [6.45, 7) is 1.69. The van der Waals surface area contributed by atoms with E-state index in [1.54, 1.807) is 6.92 Å². The second-order valence-electron chi connectivity index (χ2n) is 3.45. The van der Waals surface area contributed by atoms with E-state index in [4.69, 9.17) is 10.2 Å². The van der Waals surface area contributed by atoms with Gasteiger partial charge < -0.3 is 10.2 Å². The Bertz CT molecular complexity index is 508. The summed E-state index contributed by atoms with van der Waals surface area (Å²) in [5, 5.41) is 0. The summed E-state index contributed by atoms with van der Waals surface area (Å²) in [7, 11) is 0. The molecule has 1 unspecified atom stereocenters. The lowest BCUT2D eigenvalue weighted by molar-refractivity contribution is 0.466. The molecule has 2 N–H and O–H groups in total. The van der Waals surface area contributed by atoms with Crippen LogP contribution in [0.2, 0.25) is 0 Å². The van der Waals surface area contributed by atoms with Gasteiger partial charge in [0.05, 0.1) is 17.8 Å². The fourth-order valence-electron chi connectivity index (χ4n) is 1.32. The first-order valence-electron chi connectivity index (χ1n) is 4.75. The van der Waals surface area contributed by atoms with Gasteiger partial charge in [0.25, 0.3) is 0 Å². The fraction of sp³-hybridized carbons (Fsp3) is 0.182. The molecule has 0 saturated carbocycles. The van der Waals surface area contributed by atoms with Crippen molar-refractivity contribution in [1.82, 2.24) is 4.98 Å². The van der Waals surface area contributed by atoms with E-state index in [1.807, 2.05) is 0 Å². The molecule has 0 aliphatic rings. The molecule has 5 heteroatoms. The Morgan fingerprint density at radius 1 is 1.38 bits per heavy atom. The van der Waals surface area contributed by atoms with E-state index in [1.165, 1.54) is 18.3 Å². The molecule has 84 valence electrons. The van der Waals surface area contributed by atoms with Crippen molar-refractivity contribution >= 4 is 0 Å². The van der Waals surface area contributed by atoms with Crippen LogP contribution in [-0.4, -0.2) is 4.98 Å². The van der Waals surface area contributed by atoms with Crippen molar-refractivity contribution in [3.05, 3.63) is 41.9 Å². The molecule has 2 rings (SSSR count). The number of oxazole rings is 1. The number of rotatable bonds is 2. The van der Waals surface area contributed by atoms with Crippen LogP contribution in [0.4, 0.5) is 8.78 Å². The van der Waals surface area contributed by atoms with E-state index in [0.29, 0.717) is 5.89 Å². The van der Waals surface area contributed by atoms with Crippen molar-refractivity contribution < 1.29 is 13.2 Å². The first kappa shape index (κ1) is 10.8.